The lowest BCUT2D eigenvalue weighted by Gasteiger charge is -2.33. The molecule has 2 aliphatic heterocycles. The van der Waals surface area contributed by atoms with Gasteiger partial charge in [-0.3, -0.25) is 4.79 Å². The van der Waals surface area contributed by atoms with Gasteiger partial charge in [0, 0.05) is 51.3 Å². The molecule has 1 amide bonds. The Hall–Kier alpha value is -1.89. The highest BCUT2D eigenvalue weighted by Crippen LogP contribution is 2.17. The number of carbonyl (C=O) groups is 1. The summed E-state index contributed by atoms with van der Waals surface area (Å²) >= 11 is 0. The molecule has 126 valence electrons. The standard InChI is InChI=1S/C16H25N5O2/c1-23-15-11-14(17-12-18-15)19-13-4-7-20(8-5-13)9-10-21-6-2-3-16(21)22/h11-13H,2-10H2,1H3,(H,17,18,19). The molecular formula is C16H25N5O2. The van der Waals surface area contributed by atoms with Gasteiger partial charge in [-0.05, 0) is 19.3 Å². The molecule has 0 spiro atoms. The Balaban J connectivity index is 1.40. The van der Waals surface area contributed by atoms with Crippen LogP contribution < -0.4 is 10.1 Å². The third-order valence-corrected chi connectivity index (χ3v) is 4.65. The third-order valence-electron chi connectivity index (χ3n) is 4.65. The van der Waals surface area contributed by atoms with Crippen molar-refractivity contribution < 1.29 is 9.53 Å². The van der Waals surface area contributed by atoms with Crippen molar-refractivity contribution in [2.45, 2.75) is 31.7 Å². The van der Waals surface area contributed by atoms with Crippen molar-refractivity contribution in [1.29, 1.82) is 0 Å². The molecule has 7 nitrogen and oxygen atoms in total. The Morgan fingerprint density at radius 3 is 2.78 bits per heavy atom. The van der Waals surface area contributed by atoms with Gasteiger partial charge >= 0.3 is 0 Å². The number of piperidine rings is 1. The lowest BCUT2D eigenvalue weighted by atomic mass is 10.1. The van der Waals surface area contributed by atoms with Gasteiger partial charge in [-0.25, -0.2) is 9.97 Å². The van der Waals surface area contributed by atoms with Crippen molar-refractivity contribution in [2.24, 2.45) is 0 Å². The number of ether oxygens (including phenoxy) is 1. The molecule has 0 saturated carbocycles. The van der Waals surface area contributed by atoms with E-state index in [1.807, 2.05) is 11.0 Å². The Labute approximate surface area is 137 Å². The van der Waals surface area contributed by atoms with Crippen molar-refractivity contribution in [2.75, 3.05) is 45.2 Å². The number of aromatic nitrogens is 2. The summed E-state index contributed by atoms with van der Waals surface area (Å²) in [5, 5.41) is 3.46. The fourth-order valence-corrected chi connectivity index (χ4v) is 3.24. The van der Waals surface area contributed by atoms with Crippen LogP contribution >= 0.6 is 0 Å². The zero-order valence-corrected chi connectivity index (χ0v) is 13.7. The molecule has 3 heterocycles. The van der Waals surface area contributed by atoms with Gasteiger partial charge in [0.2, 0.25) is 11.8 Å². The summed E-state index contributed by atoms with van der Waals surface area (Å²) in [4.78, 5) is 24.3. The van der Waals surface area contributed by atoms with E-state index in [0.29, 0.717) is 17.8 Å². The van der Waals surface area contributed by atoms with Crippen LogP contribution in [0.25, 0.3) is 0 Å². The van der Waals surface area contributed by atoms with Gasteiger partial charge < -0.3 is 19.9 Å². The highest BCUT2D eigenvalue weighted by Gasteiger charge is 2.23. The van der Waals surface area contributed by atoms with Gasteiger partial charge in [0.05, 0.1) is 7.11 Å². The zero-order chi connectivity index (χ0) is 16.1. The summed E-state index contributed by atoms with van der Waals surface area (Å²) in [5.74, 6) is 1.72. The summed E-state index contributed by atoms with van der Waals surface area (Å²) in [7, 11) is 1.61. The Morgan fingerprint density at radius 2 is 2.09 bits per heavy atom. The number of methoxy groups -OCH3 is 1. The second-order valence-corrected chi connectivity index (χ2v) is 6.19. The molecule has 2 fully saturated rings. The van der Waals surface area contributed by atoms with Gasteiger partial charge in [-0.15, -0.1) is 0 Å². The maximum atomic E-state index is 11.6. The van der Waals surface area contributed by atoms with Crippen LogP contribution in [-0.2, 0) is 4.79 Å². The zero-order valence-electron chi connectivity index (χ0n) is 13.7. The number of rotatable bonds is 6. The summed E-state index contributed by atoms with van der Waals surface area (Å²) in [6.45, 7) is 4.91. The number of hydrogen-bond acceptors (Lipinski definition) is 6. The molecule has 7 heteroatoms. The predicted molar refractivity (Wildman–Crippen MR) is 87.5 cm³/mol. The Bertz CT molecular complexity index is 531. The molecule has 1 aromatic rings. The second-order valence-electron chi connectivity index (χ2n) is 6.19. The highest BCUT2D eigenvalue weighted by molar-refractivity contribution is 5.78. The minimum atomic E-state index is 0.319. The van der Waals surface area contributed by atoms with E-state index in [1.165, 1.54) is 6.33 Å². The Kier molecular flexibility index (Phi) is 5.27. The number of amides is 1. The van der Waals surface area contributed by atoms with Crippen LogP contribution in [0.15, 0.2) is 12.4 Å². The molecule has 2 saturated heterocycles. The molecule has 0 unspecified atom stereocenters. The fraction of sp³-hybridized carbons (Fsp3) is 0.688. The van der Waals surface area contributed by atoms with Crippen LogP contribution in [0.3, 0.4) is 0 Å². The van der Waals surface area contributed by atoms with Crippen LogP contribution in [0, 0.1) is 0 Å². The minimum absolute atomic E-state index is 0.319. The normalized spacial score (nSPS) is 20.0. The molecule has 0 atom stereocenters. The average Bonchev–Trinajstić information content (AvgIpc) is 2.99. The molecule has 0 radical (unpaired) electrons. The third kappa shape index (κ3) is 4.31. The van der Waals surface area contributed by atoms with Crippen molar-refractivity contribution in [3.05, 3.63) is 12.4 Å². The first-order valence-corrected chi connectivity index (χ1v) is 8.37. The van der Waals surface area contributed by atoms with E-state index in [-0.39, 0.29) is 0 Å². The molecule has 0 aliphatic carbocycles. The smallest absolute Gasteiger partial charge is 0.222 e. The molecule has 0 bridgehead atoms. The SMILES string of the molecule is COc1cc(NC2CCN(CCN3CCCC3=O)CC2)ncn1. The van der Waals surface area contributed by atoms with E-state index in [1.54, 1.807) is 7.11 Å². The van der Waals surface area contributed by atoms with E-state index in [4.69, 9.17) is 4.74 Å². The first-order valence-electron chi connectivity index (χ1n) is 8.37. The average molecular weight is 319 g/mol. The van der Waals surface area contributed by atoms with Crippen LogP contribution in [0.4, 0.5) is 5.82 Å². The molecular weight excluding hydrogens is 294 g/mol. The van der Waals surface area contributed by atoms with E-state index < -0.39 is 0 Å². The van der Waals surface area contributed by atoms with Crippen LogP contribution in [0.2, 0.25) is 0 Å². The highest BCUT2D eigenvalue weighted by atomic mass is 16.5. The number of nitrogens with one attached hydrogen (secondary N) is 1. The number of likely N-dealkylation sites (tertiary alicyclic amines) is 2. The van der Waals surface area contributed by atoms with E-state index in [9.17, 15) is 4.79 Å². The summed E-state index contributed by atoms with van der Waals surface area (Å²) < 4.78 is 5.12. The number of anilines is 1. The molecule has 2 aliphatic rings. The first-order chi connectivity index (χ1) is 11.2. The molecule has 1 aromatic heterocycles. The maximum absolute atomic E-state index is 11.6. The Morgan fingerprint density at radius 1 is 1.26 bits per heavy atom. The number of hydrogen-bond donors (Lipinski definition) is 1. The summed E-state index contributed by atoms with van der Waals surface area (Å²) in [6, 6.07) is 2.25. The predicted octanol–water partition coefficient (Wildman–Crippen LogP) is 0.984. The molecule has 1 N–H and O–H groups in total. The van der Waals surface area contributed by atoms with Gasteiger partial charge in [0.25, 0.3) is 0 Å². The van der Waals surface area contributed by atoms with Crippen molar-refractivity contribution in [3.8, 4) is 5.88 Å². The van der Waals surface area contributed by atoms with Crippen molar-refractivity contribution in [3.63, 3.8) is 0 Å². The van der Waals surface area contributed by atoms with E-state index in [2.05, 4.69) is 20.2 Å². The van der Waals surface area contributed by atoms with Gasteiger partial charge in [0.1, 0.15) is 12.1 Å². The molecule has 23 heavy (non-hydrogen) atoms. The van der Waals surface area contributed by atoms with Crippen molar-refractivity contribution in [1.82, 2.24) is 19.8 Å². The lowest BCUT2D eigenvalue weighted by molar-refractivity contribution is -0.127. The first kappa shape index (κ1) is 16.0. The van der Waals surface area contributed by atoms with Gasteiger partial charge in [-0.2, -0.15) is 0 Å². The molecule has 0 aromatic carbocycles. The minimum Gasteiger partial charge on any atom is -0.481 e. The van der Waals surface area contributed by atoms with Gasteiger partial charge in [0.15, 0.2) is 0 Å². The van der Waals surface area contributed by atoms with E-state index >= 15 is 0 Å². The van der Waals surface area contributed by atoms with Crippen LogP contribution in [-0.4, -0.2) is 71.6 Å². The largest absolute Gasteiger partial charge is 0.481 e. The van der Waals surface area contributed by atoms with Crippen LogP contribution in [0.5, 0.6) is 5.88 Å². The topological polar surface area (TPSA) is 70.6 Å². The lowest BCUT2D eigenvalue weighted by Crippen LogP contribution is -2.43. The molecule has 3 rings (SSSR count). The maximum Gasteiger partial charge on any atom is 0.222 e. The fourth-order valence-electron chi connectivity index (χ4n) is 3.24. The van der Waals surface area contributed by atoms with Crippen molar-refractivity contribution >= 4 is 11.7 Å². The summed E-state index contributed by atoms with van der Waals surface area (Å²) in [5.41, 5.74) is 0. The monoisotopic (exact) mass is 319 g/mol. The summed E-state index contributed by atoms with van der Waals surface area (Å²) in [6.07, 6.45) is 5.44. The van der Waals surface area contributed by atoms with Gasteiger partial charge in [-0.1, -0.05) is 0 Å². The second kappa shape index (κ2) is 7.59. The number of nitrogens with zero attached hydrogens (tertiary/aromatic N) is 4. The van der Waals surface area contributed by atoms with E-state index in [0.717, 1.165) is 64.2 Å². The quantitative estimate of drug-likeness (QED) is 0.843. The number of carbonyl (C=O) groups excluding carboxylic acids is 1. The van der Waals surface area contributed by atoms with Crippen LogP contribution in [0.1, 0.15) is 25.7 Å².